The highest BCUT2D eigenvalue weighted by atomic mass is 35.5. The lowest BCUT2D eigenvalue weighted by Gasteiger charge is -2.34. The molecule has 0 saturated heterocycles. The number of amides is 2. The third kappa shape index (κ3) is 7.68. The van der Waals surface area contributed by atoms with Crippen molar-refractivity contribution < 1.29 is 18.0 Å². The normalized spacial score (nSPS) is 14.4. The summed E-state index contributed by atoms with van der Waals surface area (Å²) in [5.74, 6) is -0.651. The lowest BCUT2D eigenvalue weighted by atomic mass is 10.1. The first kappa shape index (κ1) is 30.6. The molecule has 4 rings (SSSR count). The van der Waals surface area contributed by atoms with Gasteiger partial charge in [0.2, 0.25) is 11.8 Å². The van der Waals surface area contributed by atoms with Crippen molar-refractivity contribution in [2.45, 2.75) is 69.4 Å². The van der Waals surface area contributed by atoms with Crippen LogP contribution in [0.2, 0.25) is 5.02 Å². The number of nitrogens with one attached hydrogen (secondary N) is 1. The zero-order valence-corrected chi connectivity index (χ0v) is 25.2. The van der Waals surface area contributed by atoms with Crippen LogP contribution in [0.15, 0.2) is 83.8 Å². The summed E-state index contributed by atoms with van der Waals surface area (Å²) in [5, 5.41) is 3.53. The highest BCUT2D eigenvalue weighted by Crippen LogP contribution is 2.28. The summed E-state index contributed by atoms with van der Waals surface area (Å²) in [6.45, 7) is 3.50. The van der Waals surface area contributed by atoms with Crippen LogP contribution in [-0.4, -0.2) is 50.3 Å². The zero-order chi connectivity index (χ0) is 29.4. The first-order chi connectivity index (χ1) is 19.7. The number of aryl methyl sites for hydroxylation is 1. The Kier molecular flexibility index (Phi) is 10.5. The summed E-state index contributed by atoms with van der Waals surface area (Å²) in [6.07, 6.45) is 4.94. The van der Waals surface area contributed by atoms with Crippen LogP contribution < -0.4 is 9.62 Å². The standard InChI is InChI=1S/C32H38ClN3O4S/c1-3-30(32(38)34-26-14-10-11-15-26)35(21-20-25-12-6-4-7-13-25)31(37)23-36(27-19-18-24(2)29(33)22-27)41(39,40)28-16-8-5-9-17-28/h4-9,12-13,16-19,22,26,30H,3,10-11,14-15,20-21,23H2,1-2H3,(H,34,38). The number of nitrogens with zero attached hydrogens (tertiary/aromatic N) is 2. The fourth-order valence-electron chi connectivity index (χ4n) is 5.25. The van der Waals surface area contributed by atoms with Crippen LogP contribution in [0, 0.1) is 6.92 Å². The summed E-state index contributed by atoms with van der Waals surface area (Å²) in [7, 11) is -4.12. The van der Waals surface area contributed by atoms with Gasteiger partial charge in [0, 0.05) is 17.6 Å². The molecule has 7 nitrogen and oxygen atoms in total. The van der Waals surface area contributed by atoms with Crippen LogP contribution in [0.1, 0.15) is 50.2 Å². The Bertz CT molecular complexity index is 1430. The first-order valence-corrected chi connectivity index (χ1v) is 16.0. The molecule has 0 heterocycles. The van der Waals surface area contributed by atoms with Gasteiger partial charge in [-0.2, -0.15) is 0 Å². The number of hydrogen-bond donors (Lipinski definition) is 1. The Morgan fingerprint density at radius 1 is 0.976 bits per heavy atom. The molecule has 1 N–H and O–H groups in total. The molecule has 2 amide bonds. The molecule has 1 fully saturated rings. The van der Waals surface area contributed by atoms with Crippen molar-refractivity contribution in [3.8, 4) is 0 Å². The molecule has 1 saturated carbocycles. The zero-order valence-electron chi connectivity index (χ0n) is 23.6. The van der Waals surface area contributed by atoms with E-state index in [2.05, 4.69) is 5.32 Å². The maximum Gasteiger partial charge on any atom is 0.264 e. The molecule has 9 heteroatoms. The molecule has 0 bridgehead atoms. The molecule has 1 aliphatic rings. The molecule has 3 aromatic carbocycles. The van der Waals surface area contributed by atoms with Gasteiger partial charge < -0.3 is 10.2 Å². The van der Waals surface area contributed by atoms with Gasteiger partial charge in [0.15, 0.2) is 0 Å². The smallest absolute Gasteiger partial charge is 0.264 e. The van der Waals surface area contributed by atoms with Gasteiger partial charge in [-0.3, -0.25) is 13.9 Å². The van der Waals surface area contributed by atoms with Crippen LogP contribution in [0.25, 0.3) is 0 Å². The fourth-order valence-corrected chi connectivity index (χ4v) is 6.85. The number of rotatable bonds is 12. The van der Waals surface area contributed by atoms with E-state index in [1.807, 2.05) is 44.2 Å². The summed E-state index contributed by atoms with van der Waals surface area (Å²) < 4.78 is 28.9. The van der Waals surface area contributed by atoms with Crippen LogP contribution in [0.4, 0.5) is 5.69 Å². The molecule has 0 spiro atoms. The molecule has 1 aliphatic carbocycles. The molecule has 3 aromatic rings. The van der Waals surface area contributed by atoms with Crippen LogP contribution >= 0.6 is 11.6 Å². The molecule has 1 unspecified atom stereocenters. The van der Waals surface area contributed by atoms with Crippen molar-refractivity contribution in [1.29, 1.82) is 0 Å². The number of benzene rings is 3. The summed E-state index contributed by atoms with van der Waals surface area (Å²) in [4.78, 5) is 29.2. The van der Waals surface area contributed by atoms with E-state index in [1.165, 1.54) is 12.1 Å². The monoisotopic (exact) mass is 595 g/mol. The van der Waals surface area contributed by atoms with Crippen molar-refractivity contribution in [1.82, 2.24) is 10.2 Å². The van der Waals surface area contributed by atoms with Gasteiger partial charge in [0.25, 0.3) is 10.0 Å². The highest BCUT2D eigenvalue weighted by molar-refractivity contribution is 7.92. The molecule has 1 atom stereocenters. The Balaban J connectivity index is 1.68. The number of carbonyl (C=O) groups excluding carboxylic acids is 2. The van der Waals surface area contributed by atoms with Gasteiger partial charge in [-0.25, -0.2) is 8.42 Å². The lowest BCUT2D eigenvalue weighted by Crippen LogP contribution is -2.54. The van der Waals surface area contributed by atoms with E-state index in [1.54, 1.807) is 41.3 Å². The van der Waals surface area contributed by atoms with Gasteiger partial charge in [-0.05, 0) is 68.0 Å². The minimum atomic E-state index is -4.12. The van der Waals surface area contributed by atoms with Crippen LogP contribution in [0.3, 0.4) is 0 Å². The van der Waals surface area contributed by atoms with E-state index in [-0.39, 0.29) is 29.1 Å². The predicted molar refractivity (Wildman–Crippen MR) is 163 cm³/mol. The lowest BCUT2D eigenvalue weighted by molar-refractivity contribution is -0.139. The molecule has 0 aliphatic heterocycles. The van der Waals surface area contributed by atoms with Gasteiger partial charge in [0.05, 0.1) is 10.6 Å². The topological polar surface area (TPSA) is 86.8 Å². The second kappa shape index (κ2) is 14.0. The largest absolute Gasteiger partial charge is 0.352 e. The van der Waals surface area contributed by atoms with E-state index in [0.717, 1.165) is 41.1 Å². The second-order valence-electron chi connectivity index (χ2n) is 10.5. The van der Waals surface area contributed by atoms with Crippen LogP contribution in [-0.2, 0) is 26.0 Å². The van der Waals surface area contributed by atoms with E-state index < -0.39 is 28.5 Å². The van der Waals surface area contributed by atoms with E-state index >= 15 is 0 Å². The number of carbonyl (C=O) groups is 2. The summed E-state index contributed by atoms with van der Waals surface area (Å²) in [5.41, 5.74) is 2.10. The summed E-state index contributed by atoms with van der Waals surface area (Å²) in [6, 6.07) is 22.1. The average Bonchev–Trinajstić information content (AvgIpc) is 3.49. The Labute approximate surface area is 248 Å². The number of halogens is 1. The number of hydrogen-bond acceptors (Lipinski definition) is 4. The van der Waals surface area contributed by atoms with Crippen molar-refractivity contribution in [3.63, 3.8) is 0 Å². The Morgan fingerprint density at radius 2 is 1.61 bits per heavy atom. The minimum Gasteiger partial charge on any atom is -0.352 e. The number of anilines is 1. The van der Waals surface area contributed by atoms with E-state index in [4.69, 9.17) is 11.6 Å². The molecule has 0 aromatic heterocycles. The molecule has 0 radical (unpaired) electrons. The maximum atomic E-state index is 14.1. The van der Waals surface area contributed by atoms with Crippen molar-refractivity contribution in [3.05, 3.63) is 95.0 Å². The Morgan fingerprint density at radius 3 is 2.22 bits per heavy atom. The van der Waals surface area contributed by atoms with Crippen molar-refractivity contribution >= 4 is 39.1 Å². The highest BCUT2D eigenvalue weighted by Gasteiger charge is 2.34. The molecular formula is C32H38ClN3O4S. The SMILES string of the molecule is CCC(C(=O)NC1CCCC1)N(CCc1ccccc1)C(=O)CN(c1ccc(C)c(Cl)c1)S(=O)(=O)c1ccccc1. The quantitative estimate of drug-likeness (QED) is 0.289. The molecule has 41 heavy (non-hydrogen) atoms. The van der Waals surface area contributed by atoms with Crippen molar-refractivity contribution in [2.24, 2.45) is 0 Å². The summed E-state index contributed by atoms with van der Waals surface area (Å²) >= 11 is 6.40. The third-order valence-electron chi connectivity index (χ3n) is 7.63. The maximum absolute atomic E-state index is 14.1. The first-order valence-electron chi connectivity index (χ1n) is 14.2. The molecular weight excluding hydrogens is 558 g/mol. The fraction of sp³-hybridized carbons (Fsp3) is 0.375. The van der Waals surface area contributed by atoms with E-state index in [0.29, 0.717) is 17.9 Å². The van der Waals surface area contributed by atoms with Gasteiger partial charge >= 0.3 is 0 Å². The minimum absolute atomic E-state index is 0.0614. The van der Waals surface area contributed by atoms with Gasteiger partial charge in [0.1, 0.15) is 12.6 Å². The number of sulfonamides is 1. The van der Waals surface area contributed by atoms with Gasteiger partial charge in [-0.1, -0.05) is 86.0 Å². The third-order valence-corrected chi connectivity index (χ3v) is 9.82. The second-order valence-corrected chi connectivity index (χ2v) is 12.8. The predicted octanol–water partition coefficient (Wildman–Crippen LogP) is 5.75. The van der Waals surface area contributed by atoms with Crippen molar-refractivity contribution in [2.75, 3.05) is 17.4 Å². The van der Waals surface area contributed by atoms with E-state index in [9.17, 15) is 18.0 Å². The van der Waals surface area contributed by atoms with Gasteiger partial charge in [-0.15, -0.1) is 0 Å². The van der Waals surface area contributed by atoms with Crippen LogP contribution in [0.5, 0.6) is 0 Å². The molecule has 218 valence electrons. The average molecular weight is 596 g/mol. The Hall–Kier alpha value is -3.36.